The molecule has 1 aromatic heterocycles. The largest absolute Gasteiger partial charge is 0.342 e. The lowest BCUT2D eigenvalue weighted by Crippen LogP contribution is -2.35. The van der Waals surface area contributed by atoms with Gasteiger partial charge in [0.15, 0.2) is 5.78 Å². The minimum atomic E-state index is -0.107. The molecule has 0 unspecified atom stereocenters. The number of hydrogen-bond donors (Lipinski definition) is 0. The molecule has 0 aromatic carbocycles. The van der Waals surface area contributed by atoms with Crippen molar-refractivity contribution in [3.63, 3.8) is 0 Å². The molecule has 0 saturated carbocycles. The van der Waals surface area contributed by atoms with Crippen molar-refractivity contribution in [3.05, 3.63) is 22.9 Å². The highest BCUT2D eigenvalue weighted by atomic mass is 32.2. The number of Topliss-reactive ketones (excluding diaryl/α,β-unsaturated/α-hetero) is 1. The van der Waals surface area contributed by atoms with Crippen molar-refractivity contribution < 1.29 is 9.59 Å². The number of nitrogens with zero attached hydrogens (tertiary/aromatic N) is 3. The molecule has 0 radical (unpaired) electrons. The maximum atomic E-state index is 12.4. The number of nitriles is 1. The highest BCUT2D eigenvalue weighted by Gasteiger charge is 2.18. The summed E-state index contributed by atoms with van der Waals surface area (Å²) >= 11 is 1.28. The zero-order chi connectivity index (χ0) is 17.5. The second-order valence-electron chi connectivity index (χ2n) is 6.08. The van der Waals surface area contributed by atoms with E-state index in [0.717, 1.165) is 25.9 Å². The molecular formula is C18H23N3O2S. The standard InChI is InChI=1S/C18H23N3O2S/c1-13-16(14(2)22)10-15(11-19)18(20-13)24-12-17(23)21-8-6-4-3-5-7-9-21/h10H,3-9,12H2,1-2H3. The molecule has 1 aliphatic heterocycles. The summed E-state index contributed by atoms with van der Waals surface area (Å²) in [5.74, 6) is 0.270. The molecule has 1 amide bonds. The summed E-state index contributed by atoms with van der Waals surface area (Å²) in [4.78, 5) is 30.3. The molecule has 128 valence electrons. The first-order chi connectivity index (χ1) is 11.5. The van der Waals surface area contributed by atoms with E-state index < -0.39 is 0 Å². The van der Waals surface area contributed by atoms with Gasteiger partial charge in [-0.1, -0.05) is 31.0 Å². The molecule has 1 saturated heterocycles. The lowest BCUT2D eigenvalue weighted by atomic mass is 10.1. The quantitative estimate of drug-likeness (QED) is 0.618. The van der Waals surface area contributed by atoms with Gasteiger partial charge in [0.1, 0.15) is 11.1 Å². The van der Waals surface area contributed by atoms with Gasteiger partial charge in [-0.3, -0.25) is 9.59 Å². The van der Waals surface area contributed by atoms with Gasteiger partial charge in [-0.25, -0.2) is 4.98 Å². The summed E-state index contributed by atoms with van der Waals surface area (Å²) in [7, 11) is 0. The minimum Gasteiger partial charge on any atom is -0.342 e. The van der Waals surface area contributed by atoms with E-state index in [-0.39, 0.29) is 17.4 Å². The van der Waals surface area contributed by atoms with Crippen LogP contribution in [-0.2, 0) is 4.79 Å². The van der Waals surface area contributed by atoms with Gasteiger partial charge >= 0.3 is 0 Å². The number of amides is 1. The van der Waals surface area contributed by atoms with E-state index in [1.54, 1.807) is 13.0 Å². The summed E-state index contributed by atoms with van der Waals surface area (Å²) < 4.78 is 0. The van der Waals surface area contributed by atoms with E-state index in [1.165, 1.54) is 37.9 Å². The normalized spacial score (nSPS) is 15.3. The lowest BCUT2D eigenvalue weighted by Gasteiger charge is -2.24. The number of carbonyl (C=O) groups is 2. The van der Waals surface area contributed by atoms with Crippen molar-refractivity contribution in [2.75, 3.05) is 18.8 Å². The molecule has 6 heteroatoms. The van der Waals surface area contributed by atoms with Crippen LogP contribution >= 0.6 is 11.8 Å². The number of carbonyl (C=O) groups excluding carboxylic acids is 2. The summed E-state index contributed by atoms with van der Waals surface area (Å²) in [5.41, 5.74) is 1.42. The Balaban J connectivity index is 2.05. The van der Waals surface area contributed by atoms with Gasteiger partial charge in [0.05, 0.1) is 11.3 Å². The van der Waals surface area contributed by atoms with Crippen molar-refractivity contribution in [2.24, 2.45) is 0 Å². The molecular weight excluding hydrogens is 322 g/mol. The smallest absolute Gasteiger partial charge is 0.232 e. The molecule has 0 bridgehead atoms. The van der Waals surface area contributed by atoms with E-state index in [4.69, 9.17) is 0 Å². The van der Waals surface area contributed by atoms with Crippen LogP contribution in [0.1, 0.15) is 60.6 Å². The number of aryl methyl sites for hydroxylation is 1. The molecule has 1 aliphatic rings. The highest BCUT2D eigenvalue weighted by molar-refractivity contribution is 7.99. The van der Waals surface area contributed by atoms with Crippen LogP contribution in [0.3, 0.4) is 0 Å². The Morgan fingerprint density at radius 3 is 2.46 bits per heavy atom. The van der Waals surface area contributed by atoms with E-state index in [0.29, 0.717) is 21.8 Å². The van der Waals surface area contributed by atoms with Crippen LogP contribution < -0.4 is 0 Å². The van der Waals surface area contributed by atoms with Gasteiger partial charge in [0, 0.05) is 24.3 Å². The van der Waals surface area contributed by atoms with Crippen LogP contribution in [0.15, 0.2) is 11.1 Å². The minimum absolute atomic E-state index is 0.0980. The molecule has 24 heavy (non-hydrogen) atoms. The fourth-order valence-electron chi connectivity index (χ4n) is 2.85. The summed E-state index contributed by atoms with van der Waals surface area (Å²) in [6.45, 7) is 4.85. The van der Waals surface area contributed by atoms with Gasteiger partial charge in [-0.05, 0) is 32.8 Å². The Morgan fingerprint density at radius 1 is 1.25 bits per heavy atom. The second kappa shape index (κ2) is 8.84. The topological polar surface area (TPSA) is 74.1 Å². The number of thioether (sulfide) groups is 1. The average molecular weight is 345 g/mol. The summed E-state index contributed by atoms with van der Waals surface area (Å²) in [5, 5.41) is 9.82. The van der Waals surface area contributed by atoms with Crippen molar-refractivity contribution in [3.8, 4) is 6.07 Å². The van der Waals surface area contributed by atoms with Crippen molar-refractivity contribution in [1.29, 1.82) is 5.26 Å². The van der Waals surface area contributed by atoms with Crippen LogP contribution in [0, 0.1) is 18.3 Å². The SMILES string of the molecule is CC(=O)c1cc(C#N)c(SCC(=O)N2CCCCCCC2)nc1C. The van der Waals surface area contributed by atoms with Gasteiger partial charge < -0.3 is 4.90 Å². The maximum absolute atomic E-state index is 12.4. The number of rotatable bonds is 4. The Hall–Kier alpha value is -1.87. The third kappa shape index (κ3) is 4.81. The first-order valence-electron chi connectivity index (χ1n) is 8.36. The zero-order valence-electron chi connectivity index (χ0n) is 14.3. The van der Waals surface area contributed by atoms with Crippen LogP contribution in [0.4, 0.5) is 0 Å². The predicted octanol–water partition coefficient (Wildman–Crippen LogP) is 3.35. The molecule has 0 aliphatic carbocycles. The van der Waals surface area contributed by atoms with E-state index in [2.05, 4.69) is 11.1 Å². The molecule has 0 N–H and O–H groups in total. The van der Waals surface area contributed by atoms with Crippen molar-refractivity contribution in [2.45, 2.75) is 51.0 Å². The Bertz CT molecular complexity index is 659. The average Bonchev–Trinajstić information content (AvgIpc) is 2.52. The first kappa shape index (κ1) is 18.5. The molecule has 1 aromatic rings. The van der Waals surface area contributed by atoms with Gasteiger partial charge in [0.25, 0.3) is 0 Å². The van der Waals surface area contributed by atoms with E-state index in [1.807, 2.05) is 4.90 Å². The van der Waals surface area contributed by atoms with Crippen LogP contribution in [0.25, 0.3) is 0 Å². The molecule has 2 heterocycles. The third-order valence-electron chi connectivity index (χ3n) is 4.22. The molecule has 0 spiro atoms. The third-order valence-corrected chi connectivity index (χ3v) is 5.19. The second-order valence-corrected chi connectivity index (χ2v) is 7.04. The molecule has 2 rings (SSSR count). The highest BCUT2D eigenvalue weighted by Crippen LogP contribution is 2.24. The lowest BCUT2D eigenvalue weighted by molar-refractivity contribution is -0.128. The van der Waals surface area contributed by atoms with Gasteiger partial charge in [-0.15, -0.1) is 0 Å². The zero-order valence-corrected chi connectivity index (χ0v) is 15.1. The molecule has 5 nitrogen and oxygen atoms in total. The number of likely N-dealkylation sites (tertiary alicyclic amines) is 1. The van der Waals surface area contributed by atoms with Crippen LogP contribution in [0.2, 0.25) is 0 Å². The summed E-state index contributed by atoms with van der Waals surface area (Å²) in [6.07, 6.45) is 5.74. The van der Waals surface area contributed by atoms with Gasteiger partial charge in [0.2, 0.25) is 5.91 Å². The maximum Gasteiger partial charge on any atom is 0.232 e. The van der Waals surface area contributed by atoms with E-state index in [9.17, 15) is 14.9 Å². The summed E-state index contributed by atoms with van der Waals surface area (Å²) in [6, 6.07) is 3.66. The molecule has 1 fully saturated rings. The Labute approximate surface area is 147 Å². The Morgan fingerprint density at radius 2 is 1.88 bits per heavy atom. The number of ketones is 1. The molecule has 0 atom stereocenters. The number of hydrogen-bond acceptors (Lipinski definition) is 5. The predicted molar refractivity (Wildman–Crippen MR) is 94.1 cm³/mol. The van der Waals surface area contributed by atoms with Crippen molar-refractivity contribution >= 4 is 23.5 Å². The van der Waals surface area contributed by atoms with Gasteiger partial charge in [-0.2, -0.15) is 5.26 Å². The fourth-order valence-corrected chi connectivity index (χ4v) is 3.75. The fraction of sp³-hybridized carbons (Fsp3) is 0.556. The van der Waals surface area contributed by atoms with E-state index >= 15 is 0 Å². The Kier molecular flexibility index (Phi) is 6.80. The number of aromatic nitrogens is 1. The monoisotopic (exact) mass is 345 g/mol. The first-order valence-corrected chi connectivity index (χ1v) is 9.34. The van der Waals surface area contributed by atoms with Crippen LogP contribution in [-0.4, -0.2) is 40.4 Å². The van der Waals surface area contributed by atoms with Crippen molar-refractivity contribution in [1.82, 2.24) is 9.88 Å². The van der Waals surface area contributed by atoms with Crippen LogP contribution in [0.5, 0.6) is 0 Å². The number of pyridine rings is 1.